The smallest absolute Gasteiger partial charge is 0.336 e. The molecule has 2 rings (SSSR count). The topological polar surface area (TPSA) is 108 Å². The number of non-ortho nitro benzene ring substituents is 1. The number of nitro groups is 1. The van der Waals surface area contributed by atoms with E-state index in [0.717, 1.165) is 38.5 Å². The third kappa shape index (κ3) is 7.12. The SMILES string of the molecule is COC(=O)C1C(C)=NC(C)=C(C(=O)OCCCCCCCCCl)C1c1cccc([N+](=O)[O-])c1. The Morgan fingerprint density at radius 2 is 1.79 bits per heavy atom. The third-order valence-corrected chi connectivity index (χ3v) is 5.97. The van der Waals surface area contributed by atoms with E-state index in [1.165, 1.54) is 25.3 Å². The highest BCUT2D eigenvalue weighted by Crippen LogP contribution is 2.40. The quantitative estimate of drug-likeness (QED) is 0.132. The van der Waals surface area contributed by atoms with Gasteiger partial charge in [0.1, 0.15) is 5.92 Å². The van der Waals surface area contributed by atoms with E-state index in [2.05, 4.69) is 4.99 Å². The van der Waals surface area contributed by atoms with Crippen molar-refractivity contribution in [3.8, 4) is 0 Å². The van der Waals surface area contributed by atoms with Crippen LogP contribution < -0.4 is 0 Å². The zero-order chi connectivity index (χ0) is 24.4. The lowest BCUT2D eigenvalue weighted by Gasteiger charge is -2.31. The molecular formula is C24H31ClN2O6. The van der Waals surface area contributed by atoms with E-state index in [1.807, 2.05) is 0 Å². The molecule has 8 nitrogen and oxygen atoms in total. The molecule has 1 aliphatic rings. The van der Waals surface area contributed by atoms with E-state index >= 15 is 0 Å². The van der Waals surface area contributed by atoms with Gasteiger partial charge in [-0.05, 0) is 32.3 Å². The minimum atomic E-state index is -0.884. The molecule has 0 saturated carbocycles. The number of ether oxygens (including phenoxy) is 2. The molecule has 1 aromatic rings. The van der Waals surface area contributed by atoms with Crippen LogP contribution in [-0.2, 0) is 19.1 Å². The normalized spacial score (nSPS) is 18.0. The molecule has 0 amide bonds. The van der Waals surface area contributed by atoms with E-state index in [-0.39, 0.29) is 17.9 Å². The van der Waals surface area contributed by atoms with Gasteiger partial charge >= 0.3 is 11.9 Å². The Kier molecular flexibility index (Phi) is 10.5. The van der Waals surface area contributed by atoms with Gasteiger partial charge in [0.2, 0.25) is 0 Å². The minimum Gasteiger partial charge on any atom is -0.468 e. The van der Waals surface area contributed by atoms with Crippen molar-refractivity contribution in [2.24, 2.45) is 10.9 Å². The summed E-state index contributed by atoms with van der Waals surface area (Å²) >= 11 is 5.68. The molecular weight excluding hydrogens is 448 g/mol. The summed E-state index contributed by atoms with van der Waals surface area (Å²) in [6, 6.07) is 5.93. The number of carbonyl (C=O) groups excluding carboxylic acids is 2. The average molecular weight is 479 g/mol. The summed E-state index contributed by atoms with van der Waals surface area (Å²) in [6.07, 6.45) is 5.89. The largest absolute Gasteiger partial charge is 0.468 e. The highest BCUT2D eigenvalue weighted by molar-refractivity contribution is 6.17. The molecule has 9 heteroatoms. The number of hydrogen-bond donors (Lipinski definition) is 0. The van der Waals surface area contributed by atoms with Gasteiger partial charge in [0.05, 0.1) is 24.2 Å². The maximum atomic E-state index is 13.1. The summed E-state index contributed by atoms with van der Waals surface area (Å²) in [7, 11) is 1.26. The average Bonchev–Trinajstić information content (AvgIpc) is 2.79. The molecule has 180 valence electrons. The van der Waals surface area contributed by atoms with Gasteiger partial charge in [-0.15, -0.1) is 11.6 Å². The van der Waals surface area contributed by atoms with Crippen molar-refractivity contribution < 1.29 is 24.0 Å². The zero-order valence-electron chi connectivity index (χ0n) is 19.3. The molecule has 0 spiro atoms. The molecule has 33 heavy (non-hydrogen) atoms. The number of rotatable bonds is 12. The fraction of sp³-hybridized carbons (Fsp3) is 0.542. The Balaban J connectivity index is 2.24. The van der Waals surface area contributed by atoms with Gasteiger partial charge in [-0.3, -0.25) is 19.9 Å². The van der Waals surface area contributed by atoms with Crippen molar-refractivity contribution in [3.63, 3.8) is 0 Å². The summed E-state index contributed by atoms with van der Waals surface area (Å²) in [5, 5.41) is 11.3. The molecule has 1 aliphatic heterocycles. The number of unbranched alkanes of at least 4 members (excludes halogenated alkanes) is 5. The number of nitro benzene ring substituents is 1. The van der Waals surface area contributed by atoms with Gasteiger partial charge in [0.25, 0.3) is 5.69 Å². The number of allylic oxidation sites excluding steroid dienone is 1. The van der Waals surface area contributed by atoms with E-state index in [1.54, 1.807) is 19.9 Å². The second kappa shape index (κ2) is 13.1. The highest BCUT2D eigenvalue weighted by Gasteiger charge is 2.42. The lowest BCUT2D eigenvalue weighted by molar-refractivity contribution is -0.384. The Hall–Kier alpha value is -2.74. The van der Waals surface area contributed by atoms with Gasteiger partial charge in [-0.25, -0.2) is 4.79 Å². The lowest BCUT2D eigenvalue weighted by Crippen LogP contribution is -2.36. The molecule has 2 atom stereocenters. The van der Waals surface area contributed by atoms with Gasteiger partial charge in [0.15, 0.2) is 0 Å². The first-order valence-electron chi connectivity index (χ1n) is 11.1. The van der Waals surface area contributed by atoms with Gasteiger partial charge in [0, 0.05) is 35.3 Å². The predicted molar refractivity (Wildman–Crippen MR) is 127 cm³/mol. The van der Waals surface area contributed by atoms with E-state index in [9.17, 15) is 19.7 Å². The van der Waals surface area contributed by atoms with Crippen LogP contribution in [0.4, 0.5) is 5.69 Å². The lowest BCUT2D eigenvalue weighted by atomic mass is 9.75. The van der Waals surface area contributed by atoms with Crippen molar-refractivity contribution in [1.29, 1.82) is 0 Å². The van der Waals surface area contributed by atoms with Crippen LogP contribution >= 0.6 is 11.6 Å². The number of benzene rings is 1. The standard InChI is InChI=1S/C24H31ClN2O6/c1-16-20(23(28)32-3)22(18-11-10-12-19(15-18)27(30)31)21(17(2)26-16)24(29)33-14-9-7-5-4-6-8-13-25/h10-12,15,20,22H,4-9,13-14H2,1-3H3. The molecule has 2 unspecified atom stereocenters. The minimum absolute atomic E-state index is 0.129. The van der Waals surface area contributed by atoms with E-state index in [0.29, 0.717) is 22.9 Å². The van der Waals surface area contributed by atoms with E-state index in [4.69, 9.17) is 21.1 Å². The molecule has 0 radical (unpaired) electrons. The van der Waals surface area contributed by atoms with Crippen molar-refractivity contribution in [1.82, 2.24) is 0 Å². The highest BCUT2D eigenvalue weighted by atomic mass is 35.5. The molecule has 0 aromatic heterocycles. The molecule has 0 bridgehead atoms. The molecule has 0 aliphatic carbocycles. The van der Waals surface area contributed by atoms with Crippen molar-refractivity contribution >= 4 is 34.9 Å². The van der Waals surface area contributed by atoms with Crippen LogP contribution in [0.3, 0.4) is 0 Å². The van der Waals surface area contributed by atoms with Crippen LogP contribution in [0.1, 0.15) is 63.9 Å². The van der Waals surface area contributed by atoms with Crippen LogP contribution in [0.2, 0.25) is 0 Å². The summed E-state index contributed by atoms with van der Waals surface area (Å²) in [5.74, 6) is -2.14. The summed E-state index contributed by atoms with van der Waals surface area (Å²) < 4.78 is 10.5. The third-order valence-electron chi connectivity index (χ3n) is 5.70. The maximum absolute atomic E-state index is 13.1. The summed E-state index contributed by atoms with van der Waals surface area (Å²) in [4.78, 5) is 41.0. The molecule has 0 N–H and O–H groups in total. The fourth-order valence-corrected chi connectivity index (χ4v) is 4.26. The fourth-order valence-electron chi connectivity index (χ4n) is 4.07. The molecule has 1 aromatic carbocycles. The summed E-state index contributed by atoms with van der Waals surface area (Å²) in [6.45, 7) is 3.61. The van der Waals surface area contributed by atoms with Gasteiger partial charge < -0.3 is 9.47 Å². The first-order valence-corrected chi connectivity index (χ1v) is 11.7. The Morgan fingerprint density at radius 1 is 1.12 bits per heavy atom. The number of methoxy groups -OCH3 is 1. The van der Waals surface area contributed by atoms with Crippen LogP contribution in [0.5, 0.6) is 0 Å². The van der Waals surface area contributed by atoms with Gasteiger partial charge in [-0.2, -0.15) is 0 Å². The Labute approximate surface area is 199 Å². The first-order chi connectivity index (χ1) is 15.8. The van der Waals surface area contributed by atoms with Crippen LogP contribution in [0.15, 0.2) is 40.5 Å². The number of hydrogen-bond acceptors (Lipinski definition) is 7. The predicted octanol–water partition coefficient (Wildman–Crippen LogP) is 5.34. The molecule has 0 fully saturated rings. The second-order valence-electron chi connectivity index (χ2n) is 8.03. The second-order valence-corrected chi connectivity index (χ2v) is 8.41. The van der Waals surface area contributed by atoms with Crippen molar-refractivity contribution in [2.75, 3.05) is 19.6 Å². The Bertz CT molecular complexity index is 927. The number of halogens is 1. The number of alkyl halides is 1. The van der Waals surface area contributed by atoms with Crippen molar-refractivity contribution in [3.05, 3.63) is 51.2 Å². The number of esters is 2. The number of aliphatic imine (C=N–C) groups is 1. The van der Waals surface area contributed by atoms with Crippen LogP contribution in [-0.4, -0.2) is 42.2 Å². The Morgan fingerprint density at radius 3 is 2.42 bits per heavy atom. The summed E-state index contributed by atoms with van der Waals surface area (Å²) in [5.41, 5.74) is 1.45. The van der Waals surface area contributed by atoms with E-state index < -0.39 is 28.7 Å². The number of carbonyl (C=O) groups is 2. The zero-order valence-corrected chi connectivity index (χ0v) is 20.1. The molecule has 0 saturated heterocycles. The number of nitrogens with zero attached hydrogens (tertiary/aromatic N) is 2. The van der Waals surface area contributed by atoms with Gasteiger partial charge in [-0.1, -0.05) is 37.8 Å². The van der Waals surface area contributed by atoms with Crippen LogP contribution in [0, 0.1) is 16.0 Å². The maximum Gasteiger partial charge on any atom is 0.336 e. The monoisotopic (exact) mass is 478 g/mol. The molecule has 1 heterocycles. The van der Waals surface area contributed by atoms with Crippen molar-refractivity contribution in [2.45, 2.75) is 58.3 Å². The first kappa shape index (κ1) is 26.5. The van der Waals surface area contributed by atoms with Crippen LogP contribution in [0.25, 0.3) is 0 Å².